The summed E-state index contributed by atoms with van der Waals surface area (Å²) in [4.78, 5) is 16.5. The largest absolute Gasteiger partial charge is 0.346 e. The zero-order chi connectivity index (χ0) is 14.4. The molecule has 0 aliphatic carbocycles. The Labute approximate surface area is 121 Å². The van der Waals surface area contributed by atoms with Gasteiger partial charge in [0, 0.05) is 30.5 Å². The maximum Gasteiger partial charge on any atom is 0.271 e. The van der Waals surface area contributed by atoms with Crippen LogP contribution in [0.15, 0.2) is 24.7 Å². The predicted octanol–water partition coefficient (Wildman–Crippen LogP) is 0.829. The number of rotatable bonds is 2. The van der Waals surface area contributed by atoms with Gasteiger partial charge >= 0.3 is 0 Å². The average Bonchev–Trinajstić information content (AvgIpc) is 3.20. The number of fused-ring (bicyclic) bond motifs is 3. The van der Waals surface area contributed by atoms with Gasteiger partial charge in [0.25, 0.3) is 5.91 Å². The van der Waals surface area contributed by atoms with E-state index in [1.54, 1.807) is 29.1 Å². The van der Waals surface area contributed by atoms with Crippen molar-refractivity contribution in [3.63, 3.8) is 0 Å². The van der Waals surface area contributed by atoms with Crippen LogP contribution >= 0.6 is 0 Å². The molecule has 3 atom stereocenters. The lowest BCUT2D eigenvalue weighted by atomic mass is 9.95. The maximum atomic E-state index is 12.3. The van der Waals surface area contributed by atoms with Crippen molar-refractivity contribution >= 4 is 11.4 Å². The Morgan fingerprint density at radius 2 is 2.38 bits per heavy atom. The minimum absolute atomic E-state index is 0.150. The minimum atomic E-state index is -0.150. The Kier molecular flexibility index (Phi) is 2.69. The fourth-order valence-corrected chi connectivity index (χ4v) is 3.42. The highest BCUT2D eigenvalue weighted by molar-refractivity contribution is 5.92. The number of nitriles is 1. The lowest BCUT2D eigenvalue weighted by Crippen LogP contribution is -2.43. The van der Waals surface area contributed by atoms with Crippen molar-refractivity contribution < 1.29 is 4.79 Å². The van der Waals surface area contributed by atoms with Crippen molar-refractivity contribution in [1.82, 2.24) is 20.0 Å². The molecule has 4 heterocycles. The van der Waals surface area contributed by atoms with Crippen LogP contribution < -0.4 is 10.6 Å². The third-order valence-corrected chi connectivity index (χ3v) is 4.46. The van der Waals surface area contributed by atoms with Gasteiger partial charge in [-0.25, -0.2) is 4.98 Å². The molecule has 2 bridgehead atoms. The number of carbonyl (C=O) groups is 1. The Morgan fingerprint density at radius 3 is 3.10 bits per heavy atom. The Balaban J connectivity index is 1.55. The summed E-state index contributed by atoms with van der Waals surface area (Å²) in [6.07, 6.45) is 8.33. The molecule has 0 radical (unpaired) electrons. The van der Waals surface area contributed by atoms with E-state index in [9.17, 15) is 4.79 Å². The Morgan fingerprint density at radius 1 is 1.48 bits per heavy atom. The normalized spacial score (nSPS) is 26.9. The summed E-state index contributed by atoms with van der Waals surface area (Å²) in [5, 5.41) is 15.5. The van der Waals surface area contributed by atoms with Crippen LogP contribution in [0.3, 0.4) is 0 Å². The molecule has 0 saturated carbocycles. The third-order valence-electron chi connectivity index (χ3n) is 4.46. The molecule has 2 N–H and O–H groups in total. The van der Waals surface area contributed by atoms with Crippen molar-refractivity contribution in [1.29, 1.82) is 5.26 Å². The van der Waals surface area contributed by atoms with Crippen LogP contribution in [0.4, 0.5) is 0 Å². The number of hydrogen-bond donors (Lipinski definition) is 2. The van der Waals surface area contributed by atoms with Gasteiger partial charge in [-0.1, -0.05) is 0 Å². The fraction of sp³-hybridized carbons (Fsp3) is 0.400. The van der Waals surface area contributed by atoms with Gasteiger partial charge in [-0.15, -0.1) is 0 Å². The van der Waals surface area contributed by atoms with E-state index >= 15 is 0 Å². The van der Waals surface area contributed by atoms with E-state index < -0.39 is 0 Å². The molecule has 2 aromatic heterocycles. The zero-order valence-corrected chi connectivity index (χ0v) is 11.4. The lowest BCUT2D eigenvalue weighted by molar-refractivity contribution is 0.0925. The van der Waals surface area contributed by atoms with Gasteiger partial charge in [-0.05, 0) is 25.3 Å². The molecule has 106 valence electrons. The highest BCUT2D eigenvalue weighted by atomic mass is 16.2. The zero-order valence-electron chi connectivity index (χ0n) is 11.4. The molecule has 0 spiro atoms. The molecule has 2 fully saturated rings. The first-order valence-corrected chi connectivity index (χ1v) is 7.18. The van der Waals surface area contributed by atoms with E-state index in [0.717, 1.165) is 18.4 Å². The minimum Gasteiger partial charge on any atom is -0.346 e. The molecule has 1 amide bonds. The quantitative estimate of drug-likeness (QED) is 0.854. The highest BCUT2D eigenvalue weighted by Gasteiger charge is 2.39. The van der Waals surface area contributed by atoms with Gasteiger partial charge < -0.3 is 15.0 Å². The first-order chi connectivity index (χ1) is 10.2. The van der Waals surface area contributed by atoms with E-state index in [1.807, 2.05) is 0 Å². The van der Waals surface area contributed by atoms with Crippen LogP contribution in [0.2, 0.25) is 0 Å². The monoisotopic (exact) mass is 281 g/mol. The van der Waals surface area contributed by atoms with Gasteiger partial charge in [-0.3, -0.25) is 4.79 Å². The van der Waals surface area contributed by atoms with Crippen LogP contribution in [0.5, 0.6) is 0 Å². The van der Waals surface area contributed by atoms with E-state index in [4.69, 9.17) is 5.26 Å². The number of amides is 1. The molecule has 2 aromatic rings. The van der Waals surface area contributed by atoms with E-state index in [1.165, 1.54) is 6.42 Å². The molecular weight excluding hydrogens is 266 g/mol. The third kappa shape index (κ3) is 2.06. The summed E-state index contributed by atoms with van der Waals surface area (Å²) in [5.74, 6) is -0.150. The van der Waals surface area contributed by atoms with Crippen LogP contribution in [0.25, 0.3) is 5.52 Å². The van der Waals surface area contributed by atoms with Crippen molar-refractivity contribution in [2.24, 2.45) is 0 Å². The van der Waals surface area contributed by atoms with Gasteiger partial charge in [0.05, 0.1) is 17.3 Å². The van der Waals surface area contributed by atoms with Crippen molar-refractivity contribution in [3.8, 4) is 6.07 Å². The molecule has 2 saturated heterocycles. The van der Waals surface area contributed by atoms with Crippen LogP contribution in [-0.4, -0.2) is 33.4 Å². The van der Waals surface area contributed by atoms with E-state index in [2.05, 4.69) is 21.7 Å². The number of carbonyl (C=O) groups excluding carboxylic acids is 1. The summed E-state index contributed by atoms with van der Waals surface area (Å²) in [6, 6.07) is 4.99. The van der Waals surface area contributed by atoms with Gasteiger partial charge in [0.2, 0.25) is 0 Å². The molecule has 4 rings (SSSR count). The molecule has 2 aliphatic rings. The highest BCUT2D eigenvalue weighted by Crippen LogP contribution is 2.28. The fourth-order valence-electron chi connectivity index (χ4n) is 3.42. The first-order valence-electron chi connectivity index (χ1n) is 7.18. The van der Waals surface area contributed by atoms with Crippen LogP contribution in [0, 0.1) is 11.3 Å². The molecule has 6 nitrogen and oxygen atoms in total. The molecule has 2 aliphatic heterocycles. The van der Waals surface area contributed by atoms with Crippen LogP contribution in [-0.2, 0) is 0 Å². The summed E-state index contributed by atoms with van der Waals surface area (Å²) in [6.45, 7) is 0. The second-order valence-electron chi connectivity index (χ2n) is 5.81. The molecule has 0 aromatic carbocycles. The number of nitrogens with zero attached hydrogens (tertiary/aromatic N) is 3. The molecule has 21 heavy (non-hydrogen) atoms. The number of aromatic nitrogens is 2. The SMILES string of the molecule is N#Cc1cc2cnc(C(=O)N[C@@H]3C[C@H]4CC[C@@H]3N4)cn2c1. The van der Waals surface area contributed by atoms with Gasteiger partial charge in [-0.2, -0.15) is 5.26 Å². The van der Waals surface area contributed by atoms with Gasteiger partial charge in [0.15, 0.2) is 0 Å². The van der Waals surface area contributed by atoms with E-state index in [-0.39, 0.29) is 11.9 Å². The Bertz CT molecular complexity index is 759. The molecule has 0 unspecified atom stereocenters. The molecule has 6 heteroatoms. The smallest absolute Gasteiger partial charge is 0.271 e. The van der Waals surface area contributed by atoms with Crippen molar-refractivity contribution in [2.75, 3.05) is 0 Å². The second-order valence-corrected chi connectivity index (χ2v) is 5.81. The Hall–Kier alpha value is -2.39. The van der Waals surface area contributed by atoms with E-state index in [0.29, 0.717) is 23.3 Å². The van der Waals surface area contributed by atoms with Gasteiger partial charge in [0.1, 0.15) is 11.8 Å². The standard InChI is InChI=1S/C15H15N5O/c16-5-9-3-11-6-17-14(8-20(11)7-9)15(21)19-13-4-10-1-2-12(13)18-10/h3,6-8,10,12-13,18H,1-2,4H2,(H,19,21)/t10-,12+,13-/m1/s1. The summed E-state index contributed by atoms with van der Waals surface area (Å²) >= 11 is 0. The first kappa shape index (κ1) is 12.4. The summed E-state index contributed by atoms with van der Waals surface area (Å²) in [7, 11) is 0. The summed E-state index contributed by atoms with van der Waals surface area (Å²) < 4.78 is 1.76. The number of nitrogens with one attached hydrogen (secondary N) is 2. The predicted molar refractivity (Wildman–Crippen MR) is 75.7 cm³/mol. The average molecular weight is 281 g/mol. The number of hydrogen-bond acceptors (Lipinski definition) is 4. The van der Waals surface area contributed by atoms with Crippen molar-refractivity contribution in [3.05, 3.63) is 35.9 Å². The molecular formula is C15H15N5O. The van der Waals surface area contributed by atoms with Crippen LogP contribution in [0.1, 0.15) is 35.3 Å². The summed E-state index contributed by atoms with van der Waals surface area (Å²) in [5.41, 5.74) is 1.75. The lowest BCUT2D eigenvalue weighted by Gasteiger charge is -2.21. The van der Waals surface area contributed by atoms with Crippen molar-refractivity contribution in [2.45, 2.75) is 37.4 Å². The maximum absolute atomic E-state index is 12.3. The second kappa shape index (κ2) is 4.57. The topological polar surface area (TPSA) is 82.2 Å².